The first-order valence-corrected chi connectivity index (χ1v) is 8.53. The SMILES string of the molecule is CC(O)C#CC(NS(=O)(=O)NCc1nc(-c2cnccn2)no1)C(=O)O. The Kier molecular flexibility index (Phi) is 6.31. The maximum absolute atomic E-state index is 11.9. The molecule has 0 spiro atoms. The lowest BCUT2D eigenvalue weighted by atomic mass is 10.3. The van der Waals surface area contributed by atoms with Gasteiger partial charge in [-0.15, -0.1) is 0 Å². The van der Waals surface area contributed by atoms with Crippen LogP contribution >= 0.6 is 0 Å². The summed E-state index contributed by atoms with van der Waals surface area (Å²) < 4.78 is 32.6. The first-order chi connectivity index (χ1) is 12.3. The van der Waals surface area contributed by atoms with E-state index in [1.54, 1.807) is 0 Å². The maximum atomic E-state index is 11.9. The Morgan fingerprint density at radius 2 is 2.15 bits per heavy atom. The van der Waals surface area contributed by atoms with Crippen LogP contribution in [-0.4, -0.2) is 56.9 Å². The van der Waals surface area contributed by atoms with Gasteiger partial charge in [0, 0.05) is 12.4 Å². The number of rotatable bonds is 7. The van der Waals surface area contributed by atoms with Gasteiger partial charge in [0.1, 0.15) is 11.8 Å². The van der Waals surface area contributed by atoms with Gasteiger partial charge in [-0.25, -0.2) is 9.78 Å². The Morgan fingerprint density at radius 1 is 1.38 bits per heavy atom. The molecule has 13 heteroatoms. The van der Waals surface area contributed by atoms with E-state index in [9.17, 15) is 13.2 Å². The van der Waals surface area contributed by atoms with E-state index in [4.69, 9.17) is 14.7 Å². The molecule has 12 nitrogen and oxygen atoms in total. The molecule has 0 amide bonds. The van der Waals surface area contributed by atoms with Crippen molar-refractivity contribution in [3.05, 3.63) is 24.5 Å². The highest BCUT2D eigenvalue weighted by Crippen LogP contribution is 2.10. The number of aliphatic hydroxyl groups excluding tert-OH is 1. The summed E-state index contributed by atoms with van der Waals surface area (Å²) in [5.41, 5.74) is 0.336. The van der Waals surface area contributed by atoms with Gasteiger partial charge >= 0.3 is 5.97 Å². The second kappa shape index (κ2) is 8.45. The minimum Gasteiger partial charge on any atom is -0.479 e. The normalized spacial score (nSPS) is 13.5. The monoisotopic (exact) mass is 382 g/mol. The van der Waals surface area contributed by atoms with Crippen LogP contribution in [0.1, 0.15) is 12.8 Å². The number of aliphatic hydroxyl groups is 1. The number of aromatic nitrogens is 4. The molecule has 138 valence electrons. The summed E-state index contributed by atoms with van der Waals surface area (Å²) in [6.07, 6.45) is 3.19. The van der Waals surface area contributed by atoms with Gasteiger partial charge < -0.3 is 14.7 Å². The van der Waals surface area contributed by atoms with Crippen LogP contribution in [0.25, 0.3) is 11.5 Å². The highest BCUT2D eigenvalue weighted by atomic mass is 32.2. The van der Waals surface area contributed by atoms with Crippen LogP contribution in [0.3, 0.4) is 0 Å². The summed E-state index contributed by atoms with van der Waals surface area (Å²) in [5.74, 6) is 2.79. The standard InChI is InChI=1S/C13H14N6O6S/c1-8(20)2-3-9(13(21)22)19-26(23,24)16-7-11-17-12(18-25-11)10-6-14-4-5-15-10/h4-6,8-9,16,19-20H,7H2,1H3,(H,21,22). The molecule has 2 rings (SSSR count). The molecule has 0 fully saturated rings. The van der Waals surface area contributed by atoms with E-state index in [1.165, 1.54) is 25.5 Å². The fraction of sp³-hybridized carbons (Fsp3) is 0.308. The van der Waals surface area contributed by atoms with Gasteiger partial charge in [-0.2, -0.15) is 22.8 Å². The molecule has 2 atom stereocenters. The number of aliphatic carboxylic acids is 1. The quantitative estimate of drug-likeness (QED) is 0.402. The van der Waals surface area contributed by atoms with E-state index in [-0.39, 0.29) is 11.7 Å². The number of nitrogens with one attached hydrogen (secondary N) is 2. The van der Waals surface area contributed by atoms with Crippen LogP contribution in [-0.2, 0) is 21.5 Å². The van der Waals surface area contributed by atoms with Gasteiger partial charge in [-0.1, -0.05) is 17.0 Å². The summed E-state index contributed by atoms with van der Waals surface area (Å²) in [5, 5.41) is 21.6. The Bertz CT molecular complexity index is 917. The highest BCUT2D eigenvalue weighted by molar-refractivity contribution is 7.87. The van der Waals surface area contributed by atoms with Crippen molar-refractivity contribution < 1.29 is 27.9 Å². The van der Waals surface area contributed by atoms with Gasteiger partial charge in [-0.05, 0) is 6.92 Å². The molecule has 0 saturated heterocycles. The zero-order valence-electron chi connectivity index (χ0n) is 13.3. The molecule has 0 aliphatic rings. The van der Waals surface area contributed by atoms with Crippen molar-refractivity contribution >= 4 is 16.2 Å². The molecular formula is C13H14N6O6S. The van der Waals surface area contributed by atoms with Crippen molar-refractivity contribution in [2.24, 2.45) is 0 Å². The molecule has 2 aromatic rings. The molecule has 2 unspecified atom stereocenters. The summed E-state index contributed by atoms with van der Waals surface area (Å²) >= 11 is 0. The van der Waals surface area contributed by atoms with Crippen LogP contribution in [0.4, 0.5) is 0 Å². The maximum Gasteiger partial charge on any atom is 0.334 e. The molecule has 2 aromatic heterocycles. The molecule has 0 aliphatic carbocycles. The number of carbonyl (C=O) groups is 1. The van der Waals surface area contributed by atoms with E-state index < -0.39 is 34.9 Å². The topological polar surface area (TPSA) is 180 Å². The van der Waals surface area contributed by atoms with Crippen molar-refractivity contribution in [2.45, 2.75) is 25.6 Å². The molecular weight excluding hydrogens is 368 g/mol. The number of carboxylic acids is 1. The van der Waals surface area contributed by atoms with Crippen LogP contribution in [0.2, 0.25) is 0 Å². The van der Waals surface area contributed by atoms with Crippen LogP contribution in [0.5, 0.6) is 0 Å². The predicted octanol–water partition coefficient (Wildman–Crippen LogP) is -1.71. The largest absolute Gasteiger partial charge is 0.479 e. The summed E-state index contributed by atoms with van der Waals surface area (Å²) in [7, 11) is -4.25. The second-order valence-electron chi connectivity index (χ2n) is 4.78. The summed E-state index contributed by atoms with van der Waals surface area (Å²) in [6, 6.07) is -1.74. The molecule has 0 aromatic carbocycles. The zero-order valence-corrected chi connectivity index (χ0v) is 14.1. The molecule has 0 radical (unpaired) electrons. The molecule has 0 aliphatic heterocycles. The van der Waals surface area contributed by atoms with Crippen molar-refractivity contribution in [3.8, 4) is 23.4 Å². The molecule has 26 heavy (non-hydrogen) atoms. The third-order valence-corrected chi connectivity index (χ3v) is 3.70. The van der Waals surface area contributed by atoms with E-state index in [2.05, 4.69) is 31.9 Å². The summed E-state index contributed by atoms with van der Waals surface area (Å²) in [6.45, 7) is 0.918. The Morgan fingerprint density at radius 3 is 2.77 bits per heavy atom. The van der Waals surface area contributed by atoms with Gasteiger partial charge in [0.15, 0.2) is 6.04 Å². The lowest BCUT2D eigenvalue weighted by Gasteiger charge is -2.09. The van der Waals surface area contributed by atoms with E-state index in [0.29, 0.717) is 5.69 Å². The predicted molar refractivity (Wildman–Crippen MR) is 85.1 cm³/mol. The van der Waals surface area contributed by atoms with Gasteiger partial charge in [0.05, 0.1) is 12.7 Å². The first-order valence-electron chi connectivity index (χ1n) is 7.04. The third kappa shape index (κ3) is 5.86. The Labute approximate surface area is 147 Å². The van der Waals surface area contributed by atoms with Crippen molar-refractivity contribution in [1.82, 2.24) is 29.6 Å². The molecule has 2 heterocycles. The average Bonchev–Trinajstić information content (AvgIpc) is 3.06. The molecule has 0 saturated carbocycles. The third-order valence-electron chi connectivity index (χ3n) is 2.63. The van der Waals surface area contributed by atoms with Crippen molar-refractivity contribution in [1.29, 1.82) is 0 Å². The molecule has 4 N–H and O–H groups in total. The van der Waals surface area contributed by atoms with Gasteiger partial charge in [0.2, 0.25) is 11.7 Å². The first kappa shape index (κ1) is 19.4. The van der Waals surface area contributed by atoms with E-state index >= 15 is 0 Å². The fourth-order valence-corrected chi connectivity index (χ4v) is 2.41. The van der Waals surface area contributed by atoms with Crippen LogP contribution in [0, 0.1) is 11.8 Å². The Balaban J connectivity index is 2.01. The Hall–Kier alpha value is -2.92. The van der Waals surface area contributed by atoms with Crippen LogP contribution in [0.15, 0.2) is 23.1 Å². The van der Waals surface area contributed by atoms with Crippen LogP contribution < -0.4 is 9.44 Å². The number of nitrogens with zero attached hydrogens (tertiary/aromatic N) is 4. The van der Waals surface area contributed by atoms with E-state index in [0.717, 1.165) is 0 Å². The van der Waals surface area contributed by atoms with Gasteiger partial charge in [-0.3, -0.25) is 4.98 Å². The fourth-order valence-electron chi connectivity index (χ4n) is 1.54. The second-order valence-corrected chi connectivity index (χ2v) is 6.31. The lowest BCUT2D eigenvalue weighted by molar-refractivity contribution is -0.137. The average molecular weight is 382 g/mol. The smallest absolute Gasteiger partial charge is 0.334 e. The van der Waals surface area contributed by atoms with Crippen molar-refractivity contribution in [2.75, 3.05) is 0 Å². The highest BCUT2D eigenvalue weighted by Gasteiger charge is 2.22. The van der Waals surface area contributed by atoms with E-state index in [1.807, 2.05) is 9.44 Å². The number of hydrogen-bond acceptors (Lipinski definition) is 9. The minimum atomic E-state index is -4.25. The zero-order chi connectivity index (χ0) is 19.2. The van der Waals surface area contributed by atoms with Crippen molar-refractivity contribution in [3.63, 3.8) is 0 Å². The minimum absolute atomic E-state index is 0.0713. The number of carboxylic acid groups (broad SMARTS) is 1. The van der Waals surface area contributed by atoms with Gasteiger partial charge in [0.25, 0.3) is 10.2 Å². The lowest BCUT2D eigenvalue weighted by Crippen LogP contribution is -2.45. The molecule has 0 bridgehead atoms. The number of hydrogen-bond donors (Lipinski definition) is 4. The summed E-state index contributed by atoms with van der Waals surface area (Å²) in [4.78, 5) is 22.8.